The number of carbonyl (C=O) groups is 2. The smallest absolute Gasteiger partial charge is 0.336 e. The molecule has 0 bridgehead atoms. The summed E-state index contributed by atoms with van der Waals surface area (Å²) in [7, 11) is -3.49. The SMILES string of the molecule is Cc1c(NC(=O)C(C)S(C)(=O)=O)cccc1C(=O)O. The number of rotatable bonds is 4. The van der Waals surface area contributed by atoms with E-state index in [1.54, 1.807) is 6.92 Å². The highest BCUT2D eigenvalue weighted by atomic mass is 32.2. The van der Waals surface area contributed by atoms with Crippen LogP contribution in [0.2, 0.25) is 0 Å². The van der Waals surface area contributed by atoms with Crippen molar-refractivity contribution in [3.8, 4) is 0 Å². The highest BCUT2D eigenvalue weighted by molar-refractivity contribution is 7.92. The molecule has 19 heavy (non-hydrogen) atoms. The van der Waals surface area contributed by atoms with E-state index in [0.717, 1.165) is 6.26 Å². The molecule has 0 radical (unpaired) electrons. The Morgan fingerprint density at radius 1 is 1.32 bits per heavy atom. The molecule has 2 N–H and O–H groups in total. The highest BCUT2D eigenvalue weighted by Gasteiger charge is 2.24. The van der Waals surface area contributed by atoms with Crippen LogP contribution in [0.1, 0.15) is 22.8 Å². The third kappa shape index (κ3) is 3.54. The monoisotopic (exact) mass is 285 g/mol. The quantitative estimate of drug-likeness (QED) is 0.861. The van der Waals surface area contributed by atoms with Crippen molar-refractivity contribution in [1.82, 2.24) is 0 Å². The number of carboxylic acid groups (broad SMARTS) is 1. The average molecular weight is 285 g/mol. The van der Waals surface area contributed by atoms with Crippen molar-refractivity contribution in [2.45, 2.75) is 19.1 Å². The maximum atomic E-state index is 11.8. The molecular weight excluding hydrogens is 270 g/mol. The van der Waals surface area contributed by atoms with Gasteiger partial charge in [0.15, 0.2) is 9.84 Å². The number of amides is 1. The standard InChI is InChI=1S/C12H15NO5S/c1-7-9(12(15)16)5-4-6-10(7)13-11(14)8(2)19(3,17)18/h4-6,8H,1-3H3,(H,13,14)(H,15,16). The Kier molecular flexibility index (Phi) is 4.31. The van der Waals surface area contributed by atoms with Gasteiger partial charge >= 0.3 is 5.97 Å². The van der Waals surface area contributed by atoms with Gasteiger partial charge in [0.05, 0.1) is 5.56 Å². The molecule has 0 aliphatic rings. The largest absolute Gasteiger partial charge is 0.478 e. The van der Waals surface area contributed by atoms with Crippen molar-refractivity contribution in [3.05, 3.63) is 29.3 Å². The molecule has 1 unspecified atom stereocenters. The Bertz CT molecular complexity index is 621. The van der Waals surface area contributed by atoms with E-state index in [0.29, 0.717) is 11.3 Å². The molecule has 0 heterocycles. The van der Waals surface area contributed by atoms with Crippen LogP contribution >= 0.6 is 0 Å². The third-order valence-corrected chi connectivity index (χ3v) is 4.33. The minimum Gasteiger partial charge on any atom is -0.478 e. The lowest BCUT2D eigenvalue weighted by Gasteiger charge is -2.13. The van der Waals surface area contributed by atoms with E-state index in [4.69, 9.17) is 5.11 Å². The summed E-state index contributed by atoms with van der Waals surface area (Å²) in [6.07, 6.45) is 0.970. The summed E-state index contributed by atoms with van der Waals surface area (Å²) < 4.78 is 22.5. The summed E-state index contributed by atoms with van der Waals surface area (Å²) in [6.45, 7) is 2.82. The number of benzene rings is 1. The zero-order valence-electron chi connectivity index (χ0n) is 10.8. The van der Waals surface area contributed by atoms with Crippen molar-refractivity contribution in [3.63, 3.8) is 0 Å². The molecule has 1 atom stereocenters. The molecule has 104 valence electrons. The summed E-state index contributed by atoms with van der Waals surface area (Å²) >= 11 is 0. The van der Waals surface area contributed by atoms with Crippen LogP contribution in [-0.2, 0) is 14.6 Å². The van der Waals surface area contributed by atoms with Crippen LogP contribution in [0.4, 0.5) is 5.69 Å². The van der Waals surface area contributed by atoms with E-state index >= 15 is 0 Å². The Balaban J connectivity index is 3.05. The number of sulfone groups is 1. The summed E-state index contributed by atoms with van der Waals surface area (Å²) in [5.74, 6) is -1.79. The summed E-state index contributed by atoms with van der Waals surface area (Å²) in [5, 5.41) is 10.2. The Morgan fingerprint density at radius 2 is 1.89 bits per heavy atom. The van der Waals surface area contributed by atoms with Gasteiger partial charge in [-0.15, -0.1) is 0 Å². The first-order chi connectivity index (χ1) is 8.64. The summed E-state index contributed by atoms with van der Waals surface area (Å²) in [5.41, 5.74) is 0.731. The molecule has 1 rings (SSSR count). The fourth-order valence-corrected chi connectivity index (χ4v) is 1.88. The first-order valence-electron chi connectivity index (χ1n) is 5.47. The number of anilines is 1. The molecule has 0 saturated heterocycles. The van der Waals surface area contributed by atoms with E-state index in [9.17, 15) is 18.0 Å². The van der Waals surface area contributed by atoms with Gasteiger partial charge in [0.2, 0.25) is 5.91 Å². The minimum absolute atomic E-state index is 0.0600. The first-order valence-corrected chi connectivity index (χ1v) is 7.42. The number of hydrogen-bond donors (Lipinski definition) is 2. The van der Waals surface area contributed by atoms with E-state index in [1.807, 2.05) is 0 Å². The molecule has 1 amide bonds. The van der Waals surface area contributed by atoms with Gasteiger partial charge < -0.3 is 10.4 Å². The van der Waals surface area contributed by atoms with Crippen molar-refractivity contribution in [1.29, 1.82) is 0 Å². The molecule has 6 nitrogen and oxygen atoms in total. The third-order valence-electron chi connectivity index (χ3n) is 2.83. The van der Waals surface area contributed by atoms with E-state index < -0.39 is 27.0 Å². The van der Waals surface area contributed by atoms with Gasteiger partial charge in [0.1, 0.15) is 5.25 Å². The maximum absolute atomic E-state index is 11.8. The second-order valence-electron chi connectivity index (χ2n) is 4.24. The molecule has 0 spiro atoms. The number of nitrogens with one attached hydrogen (secondary N) is 1. The molecule has 0 aliphatic carbocycles. The normalized spacial score (nSPS) is 12.8. The van der Waals surface area contributed by atoms with Crippen LogP contribution in [0.15, 0.2) is 18.2 Å². The summed E-state index contributed by atoms with van der Waals surface area (Å²) in [6, 6.07) is 4.42. The number of carbonyl (C=O) groups excluding carboxylic acids is 1. The predicted molar refractivity (Wildman–Crippen MR) is 71.1 cm³/mol. The van der Waals surface area contributed by atoms with Gasteiger partial charge in [-0.2, -0.15) is 0 Å². The molecular formula is C12H15NO5S. The lowest BCUT2D eigenvalue weighted by molar-refractivity contribution is -0.115. The van der Waals surface area contributed by atoms with Gasteiger partial charge in [0, 0.05) is 11.9 Å². The lowest BCUT2D eigenvalue weighted by Crippen LogP contribution is -2.32. The predicted octanol–water partition coefficient (Wildman–Crippen LogP) is 1.06. The Hall–Kier alpha value is -1.89. The van der Waals surface area contributed by atoms with Gasteiger partial charge in [-0.25, -0.2) is 13.2 Å². The van der Waals surface area contributed by atoms with Gasteiger partial charge in [-0.1, -0.05) is 6.07 Å². The van der Waals surface area contributed by atoms with Crippen molar-refractivity contribution >= 4 is 27.4 Å². The lowest BCUT2D eigenvalue weighted by atomic mass is 10.1. The van der Waals surface area contributed by atoms with Crippen LogP contribution in [0.25, 0.3) is 0 Å². The van der Waals surface area contributed by atoms with Crippen LogP contribution < -0.4 is 5.32 Å². The van der Waals surface area contributed by atoms with E-state index in [-0.39, 0.29) is 5.56 Å². The molecule has 0 aromatic heterocycles. The van der Waals surface area contributed by atoms with Crippen LogP contribution in [0.3, 0.4) is 0 Å². The second-order valence-corrected chi connectivity index (χ2v) is 6.61. The van der Waals surface area contributed by atoms with E-state index in [2.05, 4.69) is 5.32 Å². The van der Waals surface area contributed by atoms with Gasteiger partial charge in [-0.05, 0) is 31.5 Å². The van der Waals surface area contributed by atoms with Crippen LogP contribution in [-0.4, -0.2) is 36.9 Å². The summed E-state index contributed by atoms with van der Waals surface area (Å²) in [4.78, 5) is 22.7. The van der Waals surface area contributed by atoms with Crippen LogP contribution in [0.5, 0.6) is 0 Å². The second kappa shape index (κ2) is 5.40. The molecule has 1 aromatic rings. The molecule has 0 fully saturated rings. The van der Waals surface area contributed by atoms with Crippen molar-refractivity contribution < 1.29 is 23.1 Å². The molecule has 0 saturated carbocycles. The number of aromatic carboxylic acids is 1. The molecule has 1 aromatic carbocycles. The topological polar surface area (TPSA) is 101 Å². The minimum atomic E-state index is -3.49. The fourth-order valence-electron chi connectivity index (χ4n) is 1.43. The number of carboxylic acids is 1. The zero-order chi connectivity index (χ0) is 14.8. The Labute approximate surface area is 111 Å². The van der Waals surface area contributed by atoms with Gasteiger partial charge in [-0.3, -0.25) is 4.79 Å². The molecule has 0 aliphatic heterocycles. The Morgan fingerprint density at radius 3 is 2.37 bits per heavy atom. The van der Waals surface area contributed by atoms with Gasteiger partial charge in [0.25, 0.3) is 0 Å². The average Bonchev–Trinajstić information content (AvgIpc) is 2.29. The fraction of sp³-hybridized carbons (Fsp3) is 0.333. The van der Waals surface area contributed by atoms with Crippen molar-refractivity contribution in [2.75, 3.05) is 11.6 Å². The van der Waals surface area contributed by atoms with Crippen molar-refractivity contribution in [2.24, 2.45) is 0 Å². The first kappa shape index (κ1) is 15.2. The van der Waals surface area contributed by atoms with E-state index in [1.165, 1.54) is 25.1 Å². The number of hydrogen-bond acceptors (Lipinski definition) is 4. The van der Waals surface area contributed by atoms with Crippen LogP contribution in [0, 0.1) is 6.92 Å². The zero-order valence-corrected chi connectivity index (χ0v) is 11.6. The molecule has 7 heteroatoms. The maximum Gasteiger partial charge on any atom is 0.336 e. The highest BCUT2D eigenvalue weighted by Crippen LogP contribution is 2.19.